The zero-order valence-corrected chi connectivity index (χ0v) is 14.1. The van der Waals surface area contributed by atoms with Crippen molar-refractivity contribution in [3.63, 3.8) is 0 Å². The van der Waals surface area contributed by atoms with Gasteiger partial charge < -0.3 is 9.80 Å². The molecule has 9 heteroatoms. The summed E-state index contributed by atoms with van der Waals surface area (Å²) in [6, 6.07) is -0.634. The van der Waals surface area contributed by atoms with E-state index in [0.717, 1.165) is 24.2 Å². The average molecular weight is 361 g/mol. The lowest BCUT2D eigenvalue weighted by Gasteiger charge is -2.35. The van der Waals surface area contributed by atoms with E-state index in [1.807, 2.05) is 0 Å². The van der Waals surface area contributed by atoms with Crippen LogP contribution in [0.3, 0.4) is 0 Å². The van der Waals surface area contributed by atoms with Crippen molar-refractivity contribution in [1.82, 2.24) is 14.7 Å². The molecule has 6 nitrogen and oxygen atoms in total. The fourth-order valence-corrected chi connectivity index (χ4v) is 3.53. The predicted octanol–water partition coefficient (Wildman–Crippen LogP) is 2.16. The Morgan fingerprint density at radius 1 is 1.28 bits per heavy atom. The number of rotatable bonds is 5. The van der Waals surface area contributed by atoms with Crippen molar-refractivity contribution in [2.45, 2.75) is 43.8 Å². The first kappa shape index (κ1) is 19.3. The number of hydrogen-bond acceptors (Lipinski definition) is 3. The van der Waals surface area contributed by atoms with Crippen LogP contribution in [-0.2, 0) is 9.59 Å². The van der Waals surface area contributed by atoms with Crippen LogP contribution in [0, 0.1) is 0 Å². The van der Waals surface area contributed by atoms with E-state index in [1.165, 1.54) is 18.0 Å². The summed E-state index contributed by atoms with van der Waals surface area (Å²) in [6.07, 6.45) is 0.179. The molecule has 1 spiro atoms. The molecular formula is C16H22F3N3O3. The Bertz CT molecular complexity index is 571. The third-order valence-electron chi connectivity index (χ3n) is 4.85. The van der Waals surface area contributed by atoms with Crippen LogP contribution in [0.4, 0.5) is 18.0 Å². The first-order chi connectivity index (χ1) is 11.6. The number of imide groups is 1. The van der Waals surface area contributed by atoms with Gasteiger partial charge in [-0.1, -0.05) is 25.3 Å². The number of hydrogen-bond donors (Lipinski definition) is 0. The summed E-state index contributed by atoms with van der Waals surface area (Å²) in [5.41, 5.74) is -0.955. The Balaban J connectivity index is 2.15. The lowest BCUT2D eigenvalue weighted by molar-refractivity contribution is -0.161. The molecule has 0 aromatic rings. The highest BCUT2D eigenvalue weighted by Gasteiger charge is 2.56. The number of urea groups is 1. The molecule has 1 heterocycles. The molecule has 1 aliphatic heterocycles. The van der Waals surface area contributed by atoms with Gasteiger partial charge in [-0.05, 0) is 12.8 Å². The van der Waals surface area contributed by atoms with E-state index in [9.17, 15) is 27.6 Å². The second kappa shape index (κ2) is 7.05. The molecule has 4 amide bonds. The minimum Gasteiger partial charge on any atom is -0.328 e. The van der Waals surface area contributed by atoms with Gasteiger partial charge in [0.1, 0.15) is 18.6 Å². The van der Waals surface area contributed by atoms with Gasteiger partial charge >= 0.3 is 12.2 Å². The van der Waals surface area contributed by atoms with Gasteiger partial charge in [0.25, 0.3) is 5.91 Å². The highest BCUT2D eigenvalue weighted by Crippen LogP contribution is 2.39. The summed E-state index contributed by atoms with van der Waals surface area (Å²) >= 11 is 0. The van der Waals surface area contributed by atoms with Gasteiger partial charge in [0.2, 0.25) is 5.91 Å². The summed E-state index contributed by atoms with van der Waals surface area (Å²) < 4.78 is 37.9. The minimum absolute atomic E-state index is 0.310. The van der Waals surface area contributed by atoms with Crippen molar-refractivity contribution in [2.75, 3.05) is 26.7 Å². The molecule has 2 aliphatic rings. The number of halogens is 3. The zero-order valence-electron chi connectivity index (χ0n) is 14.1. The summed E-state index contributed by atoms with van der Waals surface area (Å²) in [7, 11) is 1.51. The first-order valence-corrected chi connectivity index (χ1v) is 8.17. The lowest BCUT2D eigenvalue weighted by Crippen LogP contribution is -2.50. The van der Waals surface area contributed by atoms with E-state index in [4.69, 9.17) is 0 Å². The SMILES string of the molecule is C=CCN(CC(F)(F)F)C(=O)CN1C(=O)N(C)C2(CCCCC2)C1=O. The Morgan fingerprint density at radius 3 is 2.40 bits per heavy atom. The number of alkyl halides is 3. The summed E-state index contributed by atoms with van der Waals surface area (Å²) in [4.78, 5) is 40.1. The molecular weight excluding hydrogens is 339 g/mol. The third-order valence-corrected chi connectivity index (χ3v) is 4.85. The molecule has 0 N–H and O–H groups in total. The Labute approximate surface area is 144 Å². The first-order valence-electron chi connectivity index (χ1n) is 8.17. The van der Waals surface area contributed by atoms with Crippen LogP contribution in [0.2, 0.25) is 0 Å². The van der Waals surface area contributed by atoms with Crippen molar-refractivity contribution in [3.8, 4) is 0 Å². The molecule has 1 saturated heterocycles. The summed E-state index contributed by atoms with van der Waals surface area (Å²) in [6.45, 7) is 0.892. The van der Waals surface area contributed by atoms with Crippen LogP contribution < -0.4 is 0 Å². The molecule has 2 rings (SSSR count). The fraction of sp³-hybridized carbons (Fsp3) is 0.688. The second-order valence-electron chi connectivity index (χ2n) is 6.50. The van der Waals surface area contributed by atoms with Gasteiger partial charge in [0.15, 0.2) is 0 Å². The lowest BCUT2D eigenvalue weighted by atomic mass is 9.81. The highest BCUT2D eigenvalue weighted by atomic mass is 19.4. The summed E-state index contributed by atoms with van der Waals surface area (Å²) in [5.74, 6) is -1.42. The number of nitrogens with zero attached hydrogens (tertiary/aromatic N) is 3. The maximum atomic E-state index is 12.8. The van der Waals surface area contributed by atoms with E-state index in [-0.39, 0.29) is 6.54 Å². The number of amides is 4. The van der Waals surface area contributed by atoms with Gasteiger partial charge in [0.05, 0.1) is 0 Å². The maximum Gasteiger partial charge on any atom is 0.406 e. The van der Waals surface area contributed by atoms with Crippen molar-refractivity contribution >= 4 is 17.8 Å². The number of carbonyl (C=O) groups is 3. The van der Waals surface area contributed by atoms with Gasteiger partial charge in [-0.15, -0.1) is 6.58 Å². The molecule has 25 heavy (non-hydrogen) atoms. The molecule has 140 valence electrons. The maximum absolute atomic E-state index is 12.8. The monoisotopic (exact) mass is 361 g/mol. The fourth-order valence-electron chi connectivity index (χ4n) is 3.53. The van der Waals surface area contributed by atoms with Crippen molar-refractivity contribution in [1.29, 1.82) is 0 Å². The Morgan fingerprint density at radius 2 is 1.88 bits per heavy atom. The Hall–Kier alpha value is -2.06. The van der Waals surface area contributed by atoms with Crippen molar-refractivity contribution in [2.24, 2.45) is 0 Å². The van der Waals surface area contributed by atoms with Gasteiger partial charge in [-0.25, -0.2) is 4.79 Å². The van der Waals surface area contributed by atoms with E-state index >= 15 is 0 Å². The second-order valence-corrected chi connectivity index (χ2v) is 6.50. The van der Waals surface area contributed by atoms with Crippen LogP contribution in [0.15, 0.2) is 12.7 Å². The molecule has 0 aromatic carbocycles. The average Bonchev–Trinajstić information content (AvgIpc) is 2.70. The largest absolute Gasteiger partial charge is 0.406 e. The van der Waals surface area contributed by atoms with E-state index in [0.29, 0.717) is 17.7 Å². The van der Waals surface area contributed by atoms with Crippen LogP contribution in [0.5, 0.6) is 0 Å². The zero-order chi connectivity index (χ0) is 18.8. The standard InChI is InChI=1S/C16H22F3N3O3/c1-3-9-21(11-16(17,18)19)12(23)10-22-13(24)15(20(2)14(22)25)7-5-4-6-8-15/h3H,1,4-11H2,2H3. The predicted molar refractivity (Wildman–Crippen MR) is 83.5 cm³/mol. The minimum atomic E-state index is -4.57. The normalized spacial score (nSPS) is 20.3. The molecule has 0 bridgehead atoms. The smallest absolute Gasteiger partial charge is 0.328 e. The van der Waals surface area contributed by atoms with Crippen LogP contribution in [-0.4, -0.2) is 70.9 Å². The van der Waals surface area contributed by atoms with E-state index in [2.05, 4.69) is 6.58 Å². The quantitative estimate of drug-likeness (QED) is 0.557. The number of likely N-dealkylation sites (N-methyl/N-ethyl adjacent to an activating group) is 1. The van der Waals surface area contributed by atoms with Gasteiger partial charge in [0, 0.05) is 13.6 Å². The van der Waals surface area contributed by atoms with Gasteiger partial charge in [-0.3, -0.25) is 14.5 Å². The van der Waals surface area contributed by atoms with Crippen LogP contribution in [0.25, 0.3) is 0 Å². The molecule has 1 aliphatic carbocycles. The molecule has 1 saturated carbocycles. The molecule has 0 radical (unpaired) electrons. The van der Waals surface area contributed by atoms with E-state index in [1.54, 1.807) is 0 Å². The third kappa shape index (κ3) is 3.80. The topological polar surface area (TPSA) is 60.9 Å². The van der Waals surface area contributed by atoms with Crippen molar-refractivity contribution in [3.05, 3.63) is 12.7 Å². The Kier molecular flexibility index (Phi) is 5.43. The van der Waals surface area contributed by atoms with Crippen LogP contribution >= 0.6 is 0 Å². The molecule has 0 atom stereocenters. The number of carbonyl (C=O) groups excluding carboxylic acids is 3. The van der Waals surface area contributed by atoms with E-state index < -0.39 is 42.7 Å². The van der Waals surface area contributed by atoms with Crippen LogP contribution in [0.1, 0.15) is 32.1 Å². The van der Waals surface area contributed by atoms with Crippen molar-refractivity contribution < 1.29 is 27.6 Å². The summed E-state index contributed by atoms with van der Waals surface area (Å²) in [5, 5.41) is 0. The molecule has 0 unspecified atom stereocenters. The molecule has 2 fully saturated rings. The highest BCUT2D eigenvalue weighted by molar-refractivity contribution is 6.08. The molecule has 0 aromatic heterocycles. The van der Waals surface area contributed by atoms with Gasteiger partial charge in [-0.2, -0.15) is 13.2 Å².